The molecule has 2 N–H and O–H groups in total. The van der Waals surface area contributed by atoms with Crippen LogP contribution in [0.4, 0.5) is 13.2 Å². The van der Waals surface area contributed by atoms with Gasteiger partial charge in [0.25, 0.3) is 0 Å². The number of hydrogen-bond donors (Lipinski definition) is 2. The maximum absolute atomic E-state index is 13.1. The summed E-state index contributed by atoms with van der Waals surface area (Å²) in [6.07, 6.45) is -4.69. The zero-order valence-electron chi connectivity index (χ0n) is 16.2. The molecule has 1 heterocycles. The van der Waals surface area contributed by atoms with Crippen LogP contribution in [0.2, 0.25) is 0 Å². The van der Waals surface area contributed by atoms with E-state index in [9.17, 15) is 45.5 Å². The second-order valence-electron chi connectivity index (χ2n) is 7.22. The van der Waals surface area contributed by atoms with Crippen LogP contribution in [0.3, 0.4) is 0 Å². The normalized spacial score (nSPS) is 22.6. The van der Waals surface area contributed by atoms with Crippen LogP contribution in [-0.2, 0) is 26.0 Å². The summed E-state index contributed by atoms with van der Waals surface area (Å²) < 4.78 is 91.2. The quantitative estimate of drug-likeness (QED) is 0.642. The molecule has 0 saturated carbocycles. The minimum absolute atomic E-state index is 0.200. The van der Waals surface area contributed by atoms with E-state index in [1.165, 1.54) is 18.2 Å². The van der Waals surface area contributed by atoms with Gasteiger partial charge in [-0.05, 0) is 36.4 Å². The molecule has 1 aliphatic heterocycles. The second kappa shape index (κ2) is 8.13. The molecule has 0 amide bonds. The number of nitrogens with zero attached hydrogens (tertiary/aromatic N) is 2. The Morgan fingerprint density at radius 2 is 1.69 bits per heavy atom. The highest BCUT2D eigenvalue weighted by atomic mass is 32.2. The molecule has 13 heteroatoms. The highest BCUT2D eigenvalue weighted by Gasteiger charge is 2.55. The predicted molar refractivity (Wildman–Crippen MR) is 104 cm³/mol. The smallest absolute Gasteiger partial charge is 0.393 e. The van der Waals surface area contributed by atoms with Crippen molar-refractivity contribution in [3.63, 3.8) is 0 Å². The van der Waals surface area contributed by atoms with Crippen LogP contribution in [0, 0.1) is 11.3 Å². The zero-order chi connectivity index (χ0) is 23.9. The van der Waals surface area contributed by atoms with Crippen LogP contribution < -0.4 is 0 Å². The van der Waals surface area contributed by atoms with Crippen LogP contribution in [-0.4, -0.2) is 61.9 Å². The van der Waals surface area contributed by atoms with Gasteiger partial charge in [-0.2, -0.15) is 22.7 Å². The molecule has 2 aromatic rings. The van der Waals surface area contributed by atoms with Crippen molar-refractivity contribution in [3.8, 4) is 6.07 Å². The van der Waals surface area contributed by atoms with E-state index >= 15 is 0 Å². The first-order valence-electron chi connectivity index (χ1n) is 9.01. The summed E-state index contributed by atoms with van der Waals surface area (Å²) in [6, 6.07) is 9.42. The van der Waals surface area contributed by atoms with Crippen LogP contribution in [0.25, 0.3) is 0 Å². The van der Waals surface area contributed by atoms with E-state index in [1.54, 1.807) is 6.07 Å². The first-order valence-corrected chi connectivity index (χ1v) is 12.0. The standard InChI is InChI=1S/C19H17F3N2O6S2/c20-19(21,22)14-5-7-15(8-6-14)31(27,28)17-10-24(11-18(17,26)12-25)32(29,30)16-4-2-1-3-13(16)9-23/h1-8,17,25-26H,10-12H2/t17-,18+/m0/s1. The molecule has 2 aromatic carbocycles. The lowest BCUT2D eigenvalue weighted by atomic mass is 10.1. The topological polar surface area (TPSA) is 136 Å². The SMILES string of the molecule is N#Cc1ccccc1S(=O)(=O)N1C[C@H](S(=O)(=O)c2ccc(C(F)(F)F)cc2)[C@](O)(CO)C1. The number of rotatable bonds is 5. The summed E-state index contributed by atoms with van der Waals surface area (Å²) >= 11 is 0. The van der Waals surface area contributed by atoms with Crippen LogP contribution in [0.15, 0.2) is 58.3 Å². The number of aliphatic hydroxyl groups is 2. The third kappa shape index (κ3) is 4.12. The molecule has 0 aliphatic carbocycles. The molecule has 0 radical (unpaired) electrons. The number of sulfone groups is 1. The van der Waals surface area contributed by atoms with E-state index in [1.807, 2.05) is 0 Å². The Balaban J connectivity index is 2.02. The largest absolute Gasteiger partial charge is 0.416 e. The number of halogens is 3. The highest BCUT2D eigenvalue weighted by Crippen LogP contribution is 2.36. The summed E-state index contributed by atoms with van der Waals surface area (Å²) in [7, 11) is -9.00. The summed E-state index contributed by atoms with van der Waals surface area (Å²) in [5.41, 5.74) is -3.71. The van der Waals surface area contributed by atoms with E-state index < -0.39 is 71.9 Å². The fourth-order valence-corrected chi connectivity index (χ4v) is 7.17. The lowest BCUT2D eigenvalue weighted by Crippen LogP contribution is -2.49. The van der Waals surface area contributed by atoms with Crippen molar-refractivity contribution < 1.29 is 40.2 Å². The second-order valence-corrected chi connectivity index (χ2v) is 11.3. The average molecular weight is 490 g/mol. The Labute approximate surface area is 182 Å². The lowest BCUT2D eigenvalue weighted by molar-refractivity contribution is -0.137. The van der Waals surface area contributed by atoms with Crippen molar-refractivity contribution in [2.24, 2.45) is 0 Å². The van der Waals surface area contributed by atoms with Crippen molar-refractivity contribution in [1.29, 1.82) is 5.26 Å². The predicted octanol–water partition coefficient (Wildman–Crippen LogP) is 1.15. The van der Waals surface area contributed by atoms with Gasteiger partial charge in [-0.3, -0.25) is 0 Å². The average Bonchev–Trinajstić information content (AvgIpc) is 3.13. The molecule has 2 atom stereocenters. The van der Waals surface area contributed by atoms with Gasteiger partial charge in [-0.25, -0.2) is 16.8 Å². The molecule has 0 bridgehead atoms. The van der Waals surface area contributed by atoms with Crippen LogP contribution in [0.5, 0.6) is 0 Å². The van der Waals surface area contributed by atoms with Gasteiger partial charge in [0.15, 0.2) is 9.84 Å². The Bertz CT molecular complexity index is 1270. The first kappa shape index (κ1) is 24.1. The summed E-state index contributed by atoms with van der Waals surface area (Å²) in [6.45, 7) is -2.69. The first-order chi connectivity index (χ1) is 14.8. The van der Waals surface area contributed by atoms with E-state index in [2.05, 4.69) is 0 Å². The molecule has 8 nitrogen and oxygen atoms in total. The Kier molecular flexibility index (Phi) is 6.13. The maximum Gasteiger partial charge on any atom is 0.416 e. The fraction of sp³-hybridized carbons (Fsp3) is 0.316. The fourth-order valence-electron chi connectivity index (χ4n) is 3.47. The van der Waals surface area contributed by atoms with Gasteiger partial charge in [-0.15, -0.1) is 0 Å². The summed E-state index contributed by atoms with van der Waals surface area (Å²) in [5.74, 6) is 0. The third-order valence-electron chi connectivity index (χ3n) is 5.20. The molecule has 0 unspecified atom stereocenters. The van der Waals surface area contributed by atoms with Crippen molar-refractivity contribution >= 4 is 19.9 Å². The number of benzene rings is 2. The van der Waals surface area contributed by atoms with Gasteiger partial charge >= 0.3 is 6.18 Å². The van der Waals surface area contributed by atoms with Gasteiger partial charge in [-0.1, -0.05) is 12.1 Å². The summed E-state index contributed by atoms with van der Waals surface area (Å²) in [5, 5.41) is 27.8. The van der Waals surface area contributed by atoms with Crippen molar-refractivity contribution in [2.75, 3.05) is 19.7 Å². The molecule has 1 fully saturated rings. The van der Waals surface area contributed by atoms with E-state index in [-0.39, 0.29) is 5.56 Å². The van der Waals surface area contributed by atoms with Crippen molar-refractivity contribution in [3.05, 3.63) is 59.7 Å². The maximum atomic E-state index is 13.1. The van der Waals surface area contributed by atoms with E-state index in [4.69, 9.17) is 0 Å². The molecule has 0 spiro atoms. The Hall–Kier alpha value is -2.50. The van der Waals surface area contributed by atoms with Gasteiger partial charge < -0.3 is 10.2 Å². The molecule has 32 heavy (non-hydrogen) atoms. The molecule has 1 aliphatic rings. The van der Waals surface area contributed by atoms with Gasteiger partial charge in [0.1, 0.15) is 16.9 Å². The zero-order valence-corrected chi connectivity index (χ0v) is 17.8. The number of hydrogen-bond acceptors (Lipinski definition) is 7. The van der Waals surface area contributed by atoms with Crippen molar-refractivity contribution in [1.82, 2.24) is 4.31 Å². The molecule has 3 rings (SSSR count). The van der Waals surface area contributed by atoms with Gasteiger partial charge in [0.2, 0.25) is 10.0 Å². The number of aliphatic hydroxyl groups excluding tert-OH is 1. The van der Waals surface area contributed by atoms with Crippen LogP contribution >= 0.6 is 0 Å². The Morgan fingerprint density at radius 3 is 2.22 bits per heavy atom. The highest BCUT2D eigenvalue weighted by molar-refractivity contribution is 7.92. The lowest BCUT2D eigenvalue weighted by Gasteiger charge is -2.26. The van der Waals surface area contributed by atoms with Crippen LogP contribution in [0.1, 0.15) is 11.1 Å². The molecule has 1 saturated heterocycles. The number of nitriles is 1. The minimum Gasteiger partial charge on any atom is -0.393 e. The van der Waals surface area contributed by atoms with Crippen molar-refractivity contribution in [2.45, 2.75) is 26.8 Å². The minimum atomic E-state index is -4.69. The van der Waals surface area contributed by atoms with E-state index in [0.29, 0.717) is 28.6 Å². The number of sulfonamides is 1. The number of β-amino-alcohol motifs (C(OH)–C–C–N with tert-alkyl or cyclic N) is 1. The molecule has 172 valence electrons. The molecule has 0 aromatic heterocycles. The molecular formula is C19H17F3N2O6S2. The van der Waals surface area contributed by atoms with E-state index in [0.717, 1.165) is 6.07 Å². The third-order valence-corrected chi connectivity index (χ3v) is 9.34. The number of alkyl halides is 3. The monoisotopic (exact) mass is 490 g/mol. The van der Waals surface area contributed by atoms with Gasteiger partial charge in [0, 0.05) is 13.1 Å². The Morgan fingerprint density at radius 1 is 1.09 bits per heavy atom. The summed E-state index contributed by atoms with van der Waals surface area (Å²) in [4.78, 5) is -0.977. The van der Waals surface area contributed by atoms with Gasteiger partial charge in [0.05, 0.1) is 27.5 Å². The molecular weight excluding hydrogens is 473 g/mol.